The maximum Gasteiger partial charge on any atom is 0.306 e. The minimum absolute atomic E-state index is 0.0359. The first kappa shape index (κ1) is 56.3. The number of nitriles is 3. The summed E-state index contributed by atoms with van der Waals surface area (Å²) in [5.41, 5.74) is 9.91. The Morgan fingerprint density at radius 1 is 0.667 bits per heavy atom. The Morgan fingerprint density at radius 3 is 1.67 bits per heavy atom. The lowest BCUT2D eigenvalue weighted by atomic mass is 9.98. The zero-order chi connectivity index (χ0) is 53.4. The molecule has 0 saturated heterocycles. The number of rotatable bonds is 9. The van der Waals surface area contributed by atoms with Crippen LogP contribution in [0, 0.1) is 44.1 Å². The lowest BCUT2D eigenvalue weighted by Crippen LogP contribution is -2.20. The summed E-state index contributed by atoms with van der Waals surface area (Å²) in [5, 5.41) is 59.7. The second-order valence-electron chi connectivity index (χ2n) is 17.4. The Hall–Kier alpha value is -7.98. The van der Waals surface area contributed by atoms with Gasteiger partial charge in [-0.1, -0.05) is 32.1 Å². The Labute approximate surface area is 450 Å². The molecule has 0 bridgehead atoms. The molecule has 0 radical (unpaired) electrons. The van der Waals surface area contributed by atoms with Crippen LogP contribution < -0.4 is 20.5 Å². The van der Waals surface area contributed by atoms with Gasteiger partial charge in [-0.15, -0.1) is 0 Å². The van der Waals surface area contributed by atoms with Crippen molar-refractivity contribution < 1.29 is 19.5 Å². The third-order valence-electron chi connectivity index (χ3n) is 11.7. The van der Waals surface area contributed by atoms with Gasteiger partial charge in [-0.3, -0.25) is 19.9 Å². The average Bonchev–Trinajstić information content (AvgIpc) is 4.14. The normalized spacial score (nSPS) is 14.4. The first-order valence-electron chi connectivity index (χ1n) is 24.2. The second kappa shape index (κ2) is 29.7. The number of anilines is 3. The van der Waals surface area contributed by atoms with Crippen LogP contribution in [0.4, 0.5) is 23.3 Å². The number of aryl methyl sites for hydroxylation is 1. The van der Waals surface area contributed by atoms with Crippen molar-refractivity contribution in [1.82, 2.24) is 54.9 Å². The quantitative estimate of drug-likeness (QED) is 0.0771. The van der Waals surface area contributed by atoms with Gasteiger partial charge < -0.3 is 25.6 Å². The highest BCUT2D eigenvalue weighted by molar-refractivity contribution is 9.10. The Bertz CT molecular complexity index is 3010. The summed E-state index contributed by atoms with van der Waals surface area (Å²) in [5.74, 6) is 1.83. The number of aliphatic hydroxyl groups excluding tert-OH is 1. The third kappa shape index (κ3) is 18.5. The number of aliphatic hydroxyl groups is 1. The van der Waals surface area contributed by atoms with E-state index in [0.29, 0.717) is 39.0 Å². The zero-order valence-electron chi connectivity index (χ0n) is 41.1. The number of aromatic nitrogens is 11. The number of hydrogen-bond acceptors (Lipinski definition) is 19. The molecule has 0 aromatic carbocycles. The number of halogens is 2. The maximum atomic E-state index is 10.3. The first-order valence-corrected chi connectivity index (χ1v) is 25.8. The number of nitrogens with zero attached hydrogens (tertiary/aromatic N) is 14. The number of nitrogens with two attached hydrogens (primary N) is 1. The van der Waals surface area contributed by atoms with Crippen LogP contribution in [0.2, 0.25) is 0 Å². The molecule has 22 nitrogen and oxygen atoms in total. The van der Waals surface area contributed by atoms with Crippen molar-refractivity contribution in [3.8, 4) is 52.0 Å². The Kier molecular flexibility index (Phi) is 22.3. The van der Waals surface area contributed by atoms with Crippen LogP contribution in [0.25, 0.3) is 22.3 Å². The van der Waals surface area contributed by atoms with E-state index >= 15 is 0 Å². The molecule has 0 unspecified atom stereocenters. The number of aromatic amines is 1. The SMILES string of the molecule is Cn1cc(-c2cnc(Nc3cnc(C#N)c(OC4CCCCC4)c3)nc2)cn1.N#Cc1ncc(Br)cc1OC1CCCCC1.N#Cc1ncc(Br)cc1[N+](=O)[O-].Nc1ncc(-c2cn[nH]c2)cn1.OC1CCCCC1. The van der Waals surface area contributed by atoms with Gasteiger partial charge in [-0.2, -0.15) is 26.0 Å². The summed E-state index contributed by atoms with van der Waals surface area (Å²) in [7, 11) is 1.87. The van der Waals surface area contributed by atoms with E-state index in [1.807, 2.05) is 19.3 Å². The molecule has 0 spiro atoms. The third-order valence-corrected chi connectivity index (χ3v) is 12.6. The fourth-order valence-corrected chi connectivity index (χ4v) is 8.51. The van der Waals surface area contributed by atoms with Crippen molar-refractivity contribution in [3.63, 3.8) is 0 Å². The fourth-order valence-electron chi connectivity index (χ4n) is 7.88. The Balaban J connectivity index is 0.000000165. The van der Waals surface area contributed by atoms with E-state index in [1.54, 1.807) is 72.6 Å². The zero-order valence-corrected chi connectivity index (χ0v) is 44.3. The molecule has 75 heavy (non-hydrogen) atoms. The molecule has 3 aliphatic carbocycles. The van der Waals surface area contributed by atoms with E-state index in [4.69, 9.17) is 30.8 Å². The standard InChI is InChI=1S/C20H21N7O.C12H13BrN2O.C7H7N5.C6H2BrN3O2.C6H12O/c1-27-13-15(11-25-27)14-9-23-20(24-10-14)26-16-7-19(18(8-21)22-12-16)28-17-5-3-2-4-6-17;13-9-6-12(11(7-14)15-8-9)16-10-4-2-1-3-5-10;8-7-9-1-5(2-10-7)6-3-11-12-4-6;7-4-1-6(10(11)12)5(2-8)9-3-4;7-6-4-2-1-3-5-6/h7,9-13,17H,2-6H2,1H3,(H,23,24,26);6,8,10H,1-5H2;1-4H,(H,11,12)(H2,8,9,10);1,3H;6-7H,1-5H2. The molecule has 7 aromatic heterocycles. The summed E-state index contributed by atoms with van der Waals surface area (Å²) in [6.45, 7) is 0. The summed E-state index contributed by atoms with van der Waals surface area (Å²) >= 11 is 6.36. The molecule has 7 heterocycles. The van der Waals surface area contributed by atoms with E-state index in [2.05, 4.69) is 99.5 Å². The number of nitro groups is 1. The molecular formula is C51H55Br2N17O5. The van der Waals surface area contributed by atoms with Crippen molar-refractivity contribution in [3.05, 3.63) is 123 Å². The summed E-state index contributed by atoms with van der Waals surface area (Å²) in [4.78, 5) is 37.9. The topological polar surface area (TPSA) is 328 Å². The predicted molar refractivity (Wildman–Crippen MR) is 285 cm³/mol. The highest BCUT2D eigenvalue weighted by Crippen LogP contribution is 2.30. The molecule has 0 amide bonds. The highest BCUT2D eigenvalue weighted by Gasteiger charge is 2.20. The summed E-state index contributed by atoms with van der Waals surface area (Å²) in [6, 6.07) is 10.6. The van der Waals surface area contributed by atoms with Crippen LogP contribution in [0.1, 0.15) is 113 Å². The van der Waals surface area contributed by atoms with Gasteiger partial charge in [0.15, 0.2) is 22.9 Å². The number of ether oxygens (including phenoxy) is 2. The molecule has 10 rings (SSSR count). The van der Waals surface area contributed by atoms with Crippen LogP contribution in [0.5, 0.6) is 11.5 Å². The molecule has 0 atom stereocenters. The molecular weight excluding hydrogens is 1090 g/mol. The molecule has 24 heteroatoms. The minimum Gasteiger partial charge on any atom is -0.487 e. The molecule has 3 fully saturated rings. The number of hydrogen-bond donors (Lipinski definition) is 4. The summed E-state index contributed by atoms with van der Waals surface area (Å²) in [6.07, 6.45) is 36.3. The van der Waals surface area contributed by atoms with Crippen LogP contribution in [-0.2, 0) is 7.05 Å². The minimum atomic E-state index is -0.643. The van der Waals surface area contributed by atoms with E-state index in [9.17, 15) is 15.4 Å². The molecule has 7 aromatic rings. The lowest BCUT2D eigenvalue weighted by Gasteiger charge is -2.23. The number of H-pyrrole nitrogens is 1. The van der Waals surface area contributed by atoms with Crippen LogP contribution in [0.3, 0.4) is 0 Å². The van der Waals surface area contributed by atoms with Gasteiger partial charge >= 0.3 is 5.69 Å². The van der Waals surface area contributed by atoms with E-state index < -0.39 is 4.92 Å². The van der Waals surface area contributed by atoms with Crippen LogP contribution in [0.15, 0.2) is 95.3 Å². The monoisotopic (exact) mass is 1140 g/mol. The van der Waals surface area contributed by atoms with Crippen LogP contribution in [-0.4, -0.2) is 83.2 Å². The first-order chi connectivity index (χ1) is 36.4. The second-order valence-corrected chi connectivity index (χ2v) is 19.2. The van der Waals surface area contributed by atoms with E-state index in [-0.39, 0.29) is 35.6 Å². The molecule has 3 saturated carbocycles. The van der Waals surface area contributed by atoms with Crippen molar-refractivity contribution in [1.29, 1.82) is 15.8 Å². The Morgan fingerprint density at radius 2 is 1.17 bits per heavy atom. The van der Waals surface area contributed by atoms with E-state index in [0.717, 1.165) is 78.1 Å². The van der Waals surface area contributed by atoms with Gasteiger partial charge in [0, 0.05) is 100.0 Å². The van der Waals surface area contributed by atoms with Gasteiger partial charge in [0.1, 0.15) is 18.2 Å². The van der Waals surface area contributed by atoms with Crippen molar-refractivity contribution in [2.75, 3.05) is 11.1 Å². The smallest absolute Gasteiger partial charge is 0.306 e. The van der Waals surface area contributed by atoms with E-state index in [1.165, 1.54) is 57.2 Å². The van der Waals surface area contributed by atoms with Gasteiger partial charge in [0.25, 0.3) is 0 Å². The molecule has 5 N–H and O–H groups in total. The number of pyridine rings is 3. The lowest BCUT2D eigenvalue weighted by molar-refractivity contribution is -0.385. The van der Waals surface area contributed by atoms with Gasteiger partial charge in [-0.05, 0) is 102 Å². The molecule has 388 valence electrons. The van der Waals surface area contributed by atoms with Crippen molar-refractivity contribution in [2.45, 2.75) is 115 Å². The number of nitrogen functional groups attached to an aromatic ring is 1. The molecule has 0 aliphatic heterocycles. The highest BCUT2D eigenvalue weighted by atomic mass is 79.9. The van der Waals surface area contributed by atoms with Crippen molar-refractivity contribution in [2.24, 2.45) is 7.05 Å². The average molecular weight is 1150 g/mol. The van der Waals surface area contributed by atoms with Gasteiger partial charge in [0.05, 0.1) is 47.5 Å². The number of nitrogens with one attached hydrogen (secondary N) is 2. The largest absolute Gasteiger partial charge is 0.487 e. The van der Waals surface area contributed by atoms with Crippen molar-refractivity contribution >= 4 is 55.1 Å². The molecule has 3 aliphatic rings. The maximum absolute atomic E-state index is 10.3. The van der Waals surface area contributed by atoms with Gasteiger partial charge in [0.2, 0.25) is 17.6 Å². The fraction of sp³-hybridized carbons (Fsp3) is 0.373. The predicted octanol–water partition coefficient (Wildman–Crippen LogP) is 10.4. The van der Waals surface area contributed by atoms with Crippen LogP contribution >= 0.6 is 31.9 Å². The van der Waals surface area contributed by atoms with Gasteiger partial charge in [-0.25, -0.2) is 34.9 Å². The summed E-state index contributed by atoms with van der Waals surface area (Å²) < 4.78 is 15.0.